The summed E-state index contributed by atoms with van der Waals surface area (Å²) in [6.07, 6.45) is 1.36. The molecule has 0 bridgehead atoms. The maximum Gasteiger partial charge on any atom is 0.237 e. The second kappa shape index (κ2) is 6.36. The van der Waals surface area contributed by atoms with E-state index < -0.39 is 0 Å². The van der Waals surface area contributed by atoms with Gasteiger partial charge in [-0.1, -0.05) is 20.8 Å². The number of carbonyl (C=O) groups excluding carboxylic acids is 1. The lowest BCUT2D eigenvalue weighted by Gasteiger charge is -2.31. The maximum atomic E-state index is 11.8. The molecule has 2 unspecified atom stereocenters. The summed E-state index contributed by atoms with van der Waals surface area (Å²) in [5, 5.41) is 3.28. The molecule has 1 amide bonds. The number of hydrogen-bond donors (Lipinski definition) is 1. The van der Waals surface area contributed by atoms with Crippen molar-refractivity contribution in [3.05, 3.63) is 0 Å². The fourth-order valence-corrected chi connectivity index (χ4v) is 2.22. The Balaban J connectivity index is 2.46. The van der Waals surface area contributed by atoms with Crippen LogP contribution < -0.4 is 5.32 Å². The van der Waals surface area contributed by atoms with E-state index in [2.05, 4.69) is 45.0 Å². The van der Waals surface area contributed by atoms with Crippen LogP contribution in [-0.4, -0.2) is 54.6 Å². The van der Waals surface area contributed by atoms with Crippen LogP contribution in [0.25, 0.3) is 0 Å². The fraction of sp³-hybridized carbons (Fsp3) is 0.923. The molecule has 1 heterocycles. The Morgan fingerprint density at radius 3 is 2.65 bits per heavy atom. The molecule has 0 spiro atoms. The van der Waals surface area contributed by atoms with E-state index in [9.17, 15) is 4.79 Å². The van der Waals surface area contributed by atoms with Gasteiger partial charge in [-0.3, -0.25) is 10.1 Å². The van der Waals surface area contributed by atoms with Crippen molar-refractivity contribution >= 4 is 5.91 Å². The van der Waals surface area contributed by atoms with E-state index in [1.54, 1.807) is 0 Å². The van der Waals surface area contributed by atoms with E-state index in [1.807, 2.05) is 4.90 Å². The number of hydrogen-bond acceptors (Lipinski definition) is 3. The normalized spacial score (nSPS) is 22.9. The minimum atomic E-state index is 0.216. The van der Waals surface area contributed by atoms with Crippen molar-refractivity contribution in [1.29, 1.82) is 0 Å². The molecule has 1 N–H and O–H groups in total. The number of nitrogens with one attached hydrogen (secondary N) is 1. The lowest BCUT2D eigenvalue weighted by Crippen LogP contribution is -2.45. The highest BCUT2D eigenvalue weighted by Crippen LogP contribution is 2.13. The Bertz CT molecular complexity index is 255. The fourth-order valence-electron chi connectivity index (χ4n) is 2.22. The van der Waals surface area contributed by atoms with E-state index in [1.165, 1.54) is 0 Å². The van der Waals surface area contributed by atoms with Crippen molar-refractivity contribution in [3.8, 4) is 0 Å². The van der Waals surface area contributed by atoms with Crippen molar-refractivity contribution < 1.29 is 4.79 Å². The summed E-state index contributed by atoms with van der Waals surface area (Å²) in [4.78, 5) is 16.1. The van der Waals surface area contributed by atoms with Crippen LogP contribution in [-0.2, 0) is 4.79 Å². The third-order valence-electron chi connectivity index (χ3n) is 3.79. The van der Waals surface area contributed by atoms with Crippen LogP contribution in [0.2, 0.25) is 0 Å². The highest BCUT2D eigenvalue weighted by molar-refractivity contribution is 5.80. The summed E-state index contributed by atoms with van der Waals surface area (Å²) in [6, 6.07) is 0.582. The van der Waals surface area contributed by atoms with Gasteiger partial charge in [-0.2, -0.15) is 0 Å². The van der Waals surface area contributed by atoms with E-state index >= 15 is 0 Å². The second-order valence-electron chi connectivity index (χ2n) is 5.39. The Labute approximate surface area is 105 Å². The zero-order valence-corrected chi connectivity index (χ0v) is 11.9. The van der Waals surface area contributed by atoms with E-state index in [-0.39, 0.29) is 12.1 Å². The first-order valence-corrected chi connectivity index (χ1v) is 6.70. The van der Waals surface area contributed by atoms with Crippen LogP contribution >= 0.6 is 0 Å². The van der Waals surface area contributed by atoms with Crippen molar-refractivity contribution in [2.45, 2.75) is 46.3 Å². The topological polar surface area (TPSA) is 35.6 Å². The van der Waals surface area contributed by atoms with Crippen LogP contribution in [0, 0.1) is 5.92 Å². The van der Waals surface area contributed by atoms with Gasteiger partial charge in [0, 0.05) is 19.1 Å². The molecule has 4 nitrogen and oxygen atoms in total. The van der Waals surface area contributed by atoms with E-state index in [0.29, 0.717) is 18.5 Å². The summed E-state index contributed by atoms with van der Waals surface area (Å²) in [6.45, 7) is 11.0. The summed E-state index contributed by atoms with van der Waals surface area (Å²) < 4.78 is 0. The monoisotopic (exact) mass is 241 g/mol. The Hall–Kier alpha value is -0.610. The SMILES string of the molecule is CCC(C)N(C)CCN1C(=O)CNC1C(C)C. The Morgan fingerprint density at radius 2 is 2.12 bits per heavy atom. The van der Waals surface area contributed by atoms with Gasteiger partial charge in [-0.25, -0.2) is 0 Å². The van der Waals surface area contributed by atoms with Gasteiger partial charge in [0.05, 0.1) is 12.7 Å². The summed E-state index contributed by atoms with van der Waals surface area (Å²) in [7, 11) is 2.13. The van der Waals surface area contributed by atoms with Crippen LogP contribution in [0.5, 0.6) is 0 Å². The molecule has 1 fully saturated rings. The first-order valence-electron chi connectivity index (χ1n) is 6.70. The van der Waals surface area contributed by atoms with Gasteiger partial charge in [-0.15, -0.1) is 0 Å². The smallest absolute Gasteiger partial charge is 0.237 e. The van der Waals surface area contributed by atoms with Crippen molar-refractivity contribution in [3.63, 3.8) is 0 Å². The van der Waals surface area contributed by atoms with Crippen molar-refractivity contribution in [1.82, 2.24) is 15.1 Å². The maximum absolute atomic E-state index is 11.8. The largest absolute Gasteiger partial charge is 0.325 e. The molecule has 0 aliphatic carbocycles. The Morgan fingerprint density at radius 1 is 1.47 bits per heavy atom. The molecule has 4 heteroatoms. The molecule has 17 heavy (non-hydrogen) atoms. The van der Waals surface area contributed by atoms with Crippen LogP contribution in [0.15, 0.2) is 0 Å². The van der Waals surface area contributed by atoms with Gasteiger partial charge >= 0.3 is 0 Å². The van der Waals surface area contributed by atoms with Gasteiger partial charge in [-0.05, 0) is 26.3 Å². The third kappa shape index (κ3) is 3.68. The molecule has 0 aromatic carbocycles. The first-order chi connectivity index (χ1) is 7.97. The second-order valence-corrected chi connectivity index (χ2v) is 5.39. The van der Waals surface area contributed by atoms with Gasteiger partial charge < -0.3 is 9.80 Å². The highest BCUT2D eigenvalue weighted by atomic mass is 16.2. The predicted molar refractivity (Wildman–Crippen MR) is 70.7 cm³/mol. The first kappa shape index (κ1) is 14.5. The highest BCUT2D eigenvalue weighted by Gasteiger charge is 2.32. The molecule has 0 aromatic rings. The summed E-state index contributed by atoms with van der Waals surface area (Å²) in [5.74, 6) is 0.705. The van der Waals surface area contributed by atoms with Gasteiger partial charge in [0.2, 0.25) is 5.91 Å². The van der Waals surface area contributed by atoms with Crippen LogP contribution in [0.1, 0.15) is 34.1 Å². The number of carbonyl (C=O) groups is 1. The zero-order valence-electron chi connectivity index (χ0n) is 11.9. The molecular weight excluding hydrogens is 214 g/mol. The van der Waals surface area contributed by atoms with Crippen LogP contribution in [0.3, 0.4) is 0 Å². The number of likely N-dealkylation sites (N-methyl/N-ethyl adjacent to an activating group) is 1. The lowest BCUT2D eigenvalue weighted by molar-refractivity contribution is -0.128. The molecule has 1 aliphatic rings. The molecular formula is C13H27N3O. The summed E-state index contributed by atoms with van der Waals surface area (Å²) in [5.41, 5.74) is 0. The molecule has 0 radical (unpaired) electrons. The number of amides is 1. The summed E-state index contributed by atoms with van der Waals surface area (Å²) >= 11 is 0. The third-order valence-corrected chi connectivity index (χ3v) is 3.79. The lowest BCUT2D eigenvalue weighted by atomic mass is 10.1. The van der Waals surface area contributed by atoms with Crippen LogP contribution in [0.4, 0.5) is 0 Å². The average Bonchev–Trinajstić information content (AvgIpc) is 2.66. The molecule has 2 atom stereocenters. The van der Waals surface area contributed by atoms with Gasteiger partial charge in [0.25, 0.3) is 0 Å². The van der Waals surface area contributed by atoms with Crippen molar-refractivity contribution in [2.75, 3.05) is 26.7 Å². The quantitative estimate of drug-likeness (QED) is 0.757. The molecule has 1 rings (SSSR count). The molecule has 1 saturated heterocycles. The Kier molecular flexibility index (Phi) is 5.40. The van der Waals surface area contributed by atoms with Gasteiger partial charge in [0.15, 0.2) is 0 Å². The van der Waals surface area contributed by atoms with Gasteiger partial charge in [0.1, 0.15) is 0 Å². The zero-order chi connectivity index (χ0) is 13.0. The molecule has 100 valence electrons. The number of rotatable bonds is 6. The van der Waals surface area contributed by atoms with E-state index in [0.717, 1.165) is 19.5 Å². The predicted octanol–water partition coefficient (Wildman–Crippen LogP) is 1.13. The standard InChI is InChI=1S/C13H27N3O/c1-6-11(4)15(5)7-8-16-12(17)9-14-13(16)10(2)3/h10-11,13-14H,6-9H2,1-5H3. The molecule has 1 aliphatic heterocycles. The minimum absolute atomic E-state index is 0.216. The van der Waals surface area contributed by atoms with Crippen molar-refractivity contribution in [2.24, 2.45) is 5.92 Å². The average molecular weight is 241 g/mol. The minimum Gasteiger partial charge on any atom is -0.325 e. The van der Waals surface area contributed by atoms with E-state index in [4.69, 9.17) is 0 Å². The molecule has 0 saturated carbocycles. The molecule has 0 aromatic heterocycles. The number of nitrogens with zero attached hydrogens (tertiary/aromatic N) is 2.